The maximum absolute atomic E-state index is 10.9. The van der Waals surface area contributed by atoms with E-state index in [0.29, 0.717) is 5.56 Å². The van der Waals surface area contributed by atoms with Gasteiger partial charge in [-0.3, -0.25) is 4.55 Å². The van der Waals surface area contributed by atoms with Crippen LogP contribution in [0, 0.1) is 0 Å². The number of phenolic OH excluding ortho intramolecular Hbond substituents is 1. The smallest absolute Gasteiger partial charge is 0.298 e. The van der Waals surface area contributed by atoms with Gasteiger partial charge in [0.05, 0.1) is 0 Å². The van der Waals surface area contributed by atoms with E-state index >= 15 is 0 Å². The van der Waals surface area contributed by atoms with Crippen LogP contribution in [0.25, 0.3) is 11.1 Å². The van der Waals surface area contributed by atoms with E-state index in [0.717, 1.165) is 5.56 Å². The Labute approximate surface area is 98.9 Å². The van der Waals surface area contributed by atoms with E-state index in [1.54, 1.807) is 0 Å². The van der Waals surface area contributed by atoms with Crippen molar-refractivity contribution in [2.24, 2.45) is 0 Å². The summed E-state index contributed by atoms with van der Waals surface area (Å²) in [5, 5.41) is 9.55. The monoisotopic (exact) mass is 250 g/mol. The molecule has 0 unspecified atom stereocenters. The van der Waals surface area contributed by atoms with E-state index in [1.807, 2.05) is 30.3 Å². The fourth-order valence-corrected chi connectivity index (χ4v) is 2.11. The van der Waals surface area contributed by atoms with Crippen molar-refractivity contribution < 1.29 is 18.1 Å². The van der Waals surface area contributed by atoms with E-state index in [4.69, 9.17) is 4.55 Å². The lowest BCUT2D eigenvalue weighted by Crippen LogP contribution is -1.98. The van der Waals surface area contributed by atoms with Crippen molar-refractivity contribution in [2.75, 3.05) is 0 Å². The summed E-state index contributed by atoms with van der Waals surface area (Å²) in [5.41, 5.74) is 1.53. The molecule has 4 nitrogen and oxygen atoms in total. The standard InChI is InChI=1S/C12H10O4S/c13-11-8-10(9-4-2-1-3-5-9)6-7-12(11)17(14,15)16/h1-8,13H,(H,14,15,16). The number of hydrogen-bond acceptors (Lipinski definition) is 3. The van der Waals surface area contributed by atoms with Crippen LogP contribution in [-0.2, 0) is 10.1 Å². The van der Waals surface area contributed by atoms with Crippen LogP contribution >= 0.6 is 0 Å². The van der Waals surface area contributed by atoms with E-state index in [2.05, 4.69) is 0 Å². The van der Waals surface area contributed by atoms with E-state index < -0.39 is 20.8 Å². The Morgan fingerprint density at radius 2 is 1.53 bits per heavy atom. The summed E-state index contributed by atoms with van der Waals surface area (Å²) in [6, 6.07) is 13.2. The summed E-state index contributed by atoms with van der Waals surface area (Å²) < 4.78 is 30.6. The molecule has 2 aromatic carbocycles. The van der Waals surface area contributed by atoms with Gasteiger partial charge in [-0.2, -0.15) is 8.42 Å². The lowest BCUT2D eigenvalue weighted by Gasteiger charge is -2.05. The van der Waals surface area contributed by atoms with Crippen LogP contribution in [-0.4, -0.2) is 18.1 Å². The predicted molar refractivity (Wildman–Crippen MR) is 63.4 cm³/mol. The summed E-state index contributed by atoms with van der Waals surface area (Å²) in [5.74, 6) is -0.464. The van der Waals surface area contributed by atoms with Gasteiger partial charge in [0.25, 0.3) is 10.1 Å². The summed E-state index contributed by atoms with van der Waals surface area (Å²) in [6.07, 6.45) is 0. The van der Waals surface area contributed by atoms with Crippen LogP contribution in [0.4, 0.5) is 0 Å². The number of aromatic hydroxyl groups is 1. The third-order valence-corrected chi connectivity index (χ3v) is 3.25. The summed E-state index contributed by atoms with van der Waals surface area (Å²) in [4.78, 5) is -0.489. The minimum Gasteiger partial charge on any atom is -0.506 e. The Morgan fingerprint density at radius 1 is 0.882 bits per heavy atom. The van der Waals surface area contributed by atoms with Crippen LogP contribution in [0.3, 0.4) is 0 Å². The van der Waals surface area contributed by atoms with Crippen LogP contribution in [0.2, 0.25) is 0 Å². The molecule has 2 rings (SSSR count). The van der Waals surface area contributed by atoms with Gasteiger partial charge in [-0.15, -0.1) is 0 Å². The summed E-state index contributed by atoms with van der Waals surface area (Å²) in [7, 11) is -4.38. The van der Waals surface area contributed by atoms with Crippen molar-refractivity contribution in [3.8, 4) is 16.9 Å². The van der Waals surface area contributed by atoms with Crippen molar-refractivity contribution >= 4 is 10.1 Å². The molecule has 0 aromatic heterocycles. The molecule has 0 amide bonds. The zero-order chi connectivity index (χ0) is 12.5. The molecule has 0 spiro atoms. The quantitative estimate of drug-likeness (QED) is 0.802. The van der Waals surface area contributed by atoms with Crippen LogP contribution in [0.1, 0.15) is 0 Å². The first-order valence-electron chi connectivity index (χ1n) is 4.84. The molecule has 0 heterocycles. The van der Waals surface area contributed by atoms with Gasteiger partial charge < -0.3 is 5.11 Å². The molecule has 0 saturated heterocycles. The minimum absolute atomic E-state index is 0.464. The van der Waals surface area contributed by atoms with Crippen LogP contribution in [0.15, 0.2) is 53.4 Å². The van der Waals surface area contributed by atoms with Gasteiger partial charge in [0, 0.05) is 0 Å². The molecule has 2 aromatic rings. The highest BCUT2D eigenvalue weighted by atomic mass is 32.2. The number of rotatable bonds is 2. The normalized spacial score (nSPS) is 11.4. The Balaban J connectivity index is 2.53. The van der Waals surface area contributed by atoms with Crippen molar-refractivity contribution in [1.82, 2.24) is 0 Å². The molecule has 5 heteroatoms. The molecule has 0 aliphatic heterocycles. The number of benzene rings is 2. The number of phenols is 1. The van der Waals surface area contributed by atoms with Gasteiger partial charge in [0.15, 0.2) is 0 Å². The topological polar surface area (TPSA) is 74.6 Å². The second-order valence-electron chi connectivity index (χ2n) is 3.52. The Morgan fingerprint density at radius 3 is 2.06 bits per heavy atom. The molecular weight excluding hydrogens is 240 g/mol. The Bertz CT molecular complexity index is 633. The maximum Gasteiger partial charge on any atom is 0.298 e. The third-order valence-electron chi connectivity index (χ3n) is 2.34. The van der Waals surface area contributed by atoms with Gasteiger partial charge in [0.2, 0.25) is 0 Å². The highest BCUT2D eigenvalue weighted by Crippen LogP contribution is 2.28. The first-order valence-corrected chi connectivity index (χ1v) is 6.28. The van der Waals surface area contributed by atoms with E-state index in [9.17, 15) is 13.5 Å². The average Bonchev–Trinajstić information content (AvgIpc) is 2.28. The molecular formula is C12H10O4S. The first-order chi connectivity index (χ1) is 7.98. The number of hydrogen-bond donors (Lipinski definition) is 2. The van der Waals surface area contributed by atoms with Gasteiger partial charge in [-0.25, -0.2) is 0 Å². The molecule has 0 bridgehead atoms. The SMILES string of the molecule is O=S(=O)(O)c1ccc(-c2ccccc2)cc1O. The van der Waals surface area contributed by atoms with Crippen molar-refractivity contribution in [2.45, 2.75) is 4.90 Å². The lowest BCUT2D eigenvalue weighted by atomic mass is 10.1. The van der Waals surface area contributed by atoms with Crippen molar-refractivity contribution in [1.29, 1.82) is 0 Å². The average molecular weight is 250 g/mol. The Hall–Kier alpha value is -1.85. The molecule has 0 atom stereocenters. The summed E-state index contributed by atoms with van der Waals surface area (Å²) >= 11 is 0. The molecule has 0 radical (unpaired) electrons. The highest BCUT2D eigenvalue weighted by molar-refractivity contribution is 7.86. The van der Waals surface area contributed by atoms with Crippen molar-refractivity contribution in [3.05, 3.63) is 48.5 Å². The zero-order valence-corrected chi connectivity index (χ0v) is 9.55. The summed E-state index contributed by atoms with van der Waals surface area (Å²) in [6.45, 7) is 0. The molecule has 2 N–H and O–H groups in total. The van der Waals surface area contributed by atoms with Gasteiger partial charge >= 0.3 is 0 Å². The first kappa shape index (κ1) is 11.6. The fraction of sp³-hybridized carbons (Fsp3) is 0. The fourth-order valence-electron chi connectivity index (χ4n) is 1.55. The minimum atomic E-state index is -4.38. The van der Waals surface area contributed by atoms with Gasteiger partial charge in [0.1, 0.15) is 10.6 Å². The largest absolute Gasteiger partial charge is 0.506 e. The highest BCUT2D eigenvalue weighted by Gasteiger charge is 2.15. The zero-order valence-electron chi connectivity index (χ0n) is 8.74. The molecule has 17 heavy (non-hydrogen) atoms. The molecule has 0 saturated carbocycles. The van der Waals surface area contributed by atoms with E-state index in [1.165, 1.54) is 18.2 Å². The second-order valence-corrected chi connectivity index (χ2v) is 4.91. The van der Waals surface area contributed by atoms with Gasteiger partial charge in [-0.1, -0.05) is 36.4 Å². The molecule has 88 valence electrons. The van der Waals surface area contributed by atoms with Crippen molar-refractivity contribution in [3.63, 3.8) is 0 Å². The molecule has 0 fully saturated rings. The van der Waals surface area contributed by atoms with Gasteiger partial charge in [-0.05, 0) is 23.3 Å². The molecule has 0 aliphatic rings. The maximum atomic E-state index is 10.9. The van der Waals surface area contributed by atoms with Crippen LogP contribution in [0.5, 0.6) is 5.75 Å². The Kier molecular flexibility index (Phi) is 2.87. The second kappa shape index (κ2) is 4.20. The third kappa shape index (κ3) is 2.46. The van der Waals surface area contributed by atoms with Crippen LogP contribution < -0.4 is 0 Å². The predicted octanol–water partition coefficient (Wildman–Crippen LogP) is 2.31. The van der Waals surface area contributed by atoms with E-state index in [-0.39, 0.29) is 0 Å². The lowest BCUT2D eigenvalue weighted by molar-refractivity contribution is 0.443. The molecule has 0 aliphatic carbocycles.